The van der Waals surface area contributed by atoms with Crippen molar-refractivity contribution in [3.63, 3.8) is 0 Å². The molecule has 4 N–H and O–H groups in total. The maximum absolute atomic E-state index is 15.1. The molecule has 0 saturated carbocycles. The molecule has 8 heteroatoms. The summed E-state index contributed by atoms with van der Waals surface area (Å²) in [4.78, 5) is 18.1. The number of aromatic nitrogens is 1. The van der Waals surface area contributed by atoms with Crippen LogP contribution in [0.5, 0.6) is 0 Å². The molecule has 0 spiro atoms. The SMILES string of the molecule is CNCc1c(F)c(NC2CCOCC2N)nc(-c2ccc(C)s2)c1C=O. The van der Waals surface area contributed by atoms with Crippen molar-refractivity contribution in [3.05, 3.63) is 34.0 Å². The summed E-state index contributed by atoms with van der Waals surface area (Å²) in [5.41, 5.74) is 7.16. The highest BCUT2D eigenvalue weighted by Crippen LogP contribution is 2.33. The summed E-state index contributed by atoms with van der Waals surface area (Å²) in [7, 11) is 1.71. The Balaban J connectivity index is 2.08. The van der Waals surface area contributed by atoms with E-state index in [2.05, 4.69) is 15.6 Å². The predicted octanol–water partition coefficient (Wildman–Crippen LogP) is 2.32. The second-order valence-corrected chi connectivity index (χ2v) is 7.64. The molecule has 2 aromatic rings. The van der Waals surface area contributed by atoms with E-state index in [1.165, 1.54) is 11.3 Å². The molecule has 0 aromatic carbocycles. The van der Waals surface area contributed by atoms with Crippen molar-refractivity contribution in [1.29, 1.82) is 0 Å². The summed E-state index contributed by atoms with van der Waals surface area (Å²) in [6.07, 6.45) is 1.35. The molecule has 0 amide bonds. The topological polar surface area (TPSA) is 89.3 Å². The normalized spacial score (nSPS) is 20.2. The molecular weight excluding hydrogens is 355 g/mol. The monoisotopic (exact) mass is 378 g/mol. The van der Waals surface area contributed by atoms with Gasteiger partial charge in [-0.05, 0) is 32.5 Å². The van der Waals surface area contributed by atoms with Crippen LogP contribution < -0.4 is 16.4 Å². The van der Waals surface area contributed by atoms with Gasteiger partial charge >= 0.3 is 0 Å². The Hall–Kier alpha value is -1.87. The summed E-state index contributed by atoms with van der Waals surface area (Å²) in [6, 6.07) is 3.49. The first kappa shape index (κ1) is 18.9. The van der Waals surface area contributed by atoms with Gasteiger partial charge in [0.25, 0.3) is 0 Å². The molecule has 3 heterocycles. The molecule has 2 aromatic heterocycles. The van der Waals surface area contributed by atoms with Crippen LogP contribution in [-0.2, 0) is 11.3 Å². The quantitative estimate of drug-likeness (QED) is 0.669. The van der Waals surface area contributed by atoms with Gasteiger partial charge in [0.1, 0.15) is 0 Å². The molecule has 1 saturated heterocycles. The number of hydrogen-bond acceptors (Lipinski definition) is 7. The van der Waals surface area contributed by atoms with E-state index in [-0.39, 0.29) is 30.0 Å². The van der Waals surface area contributed by atoms with Crippen molar-refractivity contribution in [1.82, 2.24) is 10.3 Å². The number of carbonyl (C=O) groups excluding carboxylic acids is 1. The number of aryl methyl sites for hydroxylation is 1. The zero-order valence-electron chi connectivity index (χ0n) is 14.8. The van der Waals surface area contributed by atoms with Crippen molar-refractivity contribution in [2.45, 2.75) is 32.0 Å². The Morgan fingerprint density at radius 1 is 1.50 bits per heavy atom. The molecule has 1 fully saturated rings. The molecule has 140 valence electrons. The van der Waals surface area contributed by atoms with Gasteiger partial charge in [0.2, 0.25) is 0 Å². The van der Waals surface area contributed by atoms with E-state index in [1.54, 1.807) is 7.05 Å². The molecule has 0 aliphatic carbocycles. The van der Waals surface area contributed by atoms with Gasteiger partial charge in [0.15, 0.2) is 17.9 Å². The third kappa shape index (κ3) is 3.78. The summed E-state index contributed by atoms with van der Waals surface area (Å²) < 4.78 is 20.4. The van der Waals surface area contributed by atoms with Crippen LogP contribution in [0.1, 0.15) is 27.2 Å². The van der Waals surface area contributed by atoms with E-state index < -0.39 is 5.82 Å². The van der Waals surface area contributed by atoms with Gasteiger partial charge in [-0.25, -0.2) is 9.37 Å². The fourth-order valence-corrected chi connectivity index (χ4v) is 3.93. The van der Waals surface area contributed by atoms with Crippen molar-refractivity contribution in [2.24, 2.45) is 5.73 Å². The van der Waals surface area contributed by atoms with Crippen LogP contribution in [-0.4, -0.2) is 43.6 Å². The van der Waals surface area contributed by atoms with E-state index in [0.717, 1.165) is 9.75 Å². The second-order valence-electron chi connectivity index (χ2n) is 6.35. The molecule has 0 bridgehead atoms. The van der Waals surface area contributed by atoms with Crippen LogP contribution in [0.15, 0.2) is 12.1 Å². The molecular formula is C18H23FN4O2S. The van der Waals surface area contributed by atoms with Gasteiger partial charge in [0, 0.05) is 41.2 Å². The van der Waals surface area contributed by atoms with E-state index >= 15 is 4.39 Å². The number of anilines is 1. The third-order valence-electron chi connectivity index (χ3n) is 4.44. The molecule has 26 heavy (non-hydrogen) atoms. The lowest BCUT2D eigenvalue weighted by atomic mass is 10.0. The third-order valence-corrected chi connectivity index (χ3v) is 5.45. The zero-order valence-corrected chi connectivity index (χ0v) is 15.7. The van der Waals surface area contributed by atoms with E-state index in [0.29, 0.717) is 37.2 Å². The first-order valence-electron chi connectivity index (χ1n) is 8.54. The number of thiophene rings is 1. The summed E-state index contributed by atoms with van der Waals surface area (Å²) in [5.74, 6) is -0.388. The minimum atomic E-state index is -0.517. The molecule has 0 radical (unpaired) electrons. The maximum atomic E-state index is 15.1. The zero-order chi connectivity index (χ0) is 18.7. The van der Waals surface area contributed by atoms with Gasteiger partial charge < -0.3 is 21.1 Å². The number of rotatable bonds is 6. The van der Waals surface area contributed by atoms with E-state index in [4.69, 9.17) is 10.5 Å². The number of nitrogens with two attached hydrogens (primary N) is 1. The van der Waals surface area contributed by atoms with Crippen molar-refractivity contribution < 1.29 is 13.9 Å². The number of hydrogen-bond donors (Lipinski definition) is 3. The van der Waals surface area contributed by atoms with Gasteiger partial charge in [-0.3, -0.25) is 4.79 Å². The van der Waals surface area contributed by atoms with Crippen molar-refractivity contribution in [3.8, 4) is 10.6 Å². The van der Waals surface area contributed by atoms with Crippen LogP contribution in [0.2, 0.25) is 0 Å². The fraction of sp³-hybridized carbons (Fsp3) is 0.444. The first-order valence-corrected chi connectivity index (χ1v) is 9.35. The smallest absolute Gasteiger partial charge is 0.170 e. The van der Waals surface area contributed by atoms with Crippen LogP contribution in [0.4, 0.5) is 10.2 Å². The number of nitrogens with one attached hydrogen (secondary N) is 2. The standard InChI is InChI=1S/C18H23FN4O2S/c1-10-3-4-15(26-10)17-12(8-24)11(7-21-2)16(19)18(23-17)22-14-5-6-25-9-13(14)20/h3-4,8,13-14,21H,5-7,9,20H2,1-2H3,(H,22,23). The summed E-state index contributed by atoms with van der Waals surface area (Å²) in [6.45, 7) is 3.20. The minimum Gasteiger partial charge on any atom is -0.380 e. The lowest BCUT2D eigenvalue weighted by Gasteiger charge is -2.30. The Kier molecular flexibility index (Phi) is 5.98. The molecule has 1 aliphatic rings. The fourth-order valence-electron chi connectivity index (χ4n) is 3.06. The number of carbonyl (C=O) groups is 1. The second kappa shape index (κ2) is 8.22. The Labute approximate surface area is 156 Å². The Bertz CT molecular complexity index is 796. The summed E-state index contributed by atoms with van der Waals surface area (Å²) >= 11 is 1.52. The largest absolute Gasteiger partial charge is 0.380 e. The van der Waals surface area contributed by atoms with E-state index in [1.807, 2.05) is 19.1 Å². The Morgan fingerprint density at radius 3 is 2.92 bits per heavy atom. The average Bonchev–Trinajstić information content (AvgIpc) is 3.06. The van der Waals surface area contributed by atoms with Crippen LogP contribution >= 0.6 is 11.3 Å². The number of halogens is 1. The van der Waals surface area contributed by atoms with Gasteiger partial charge in [-0.2, -0.15) is 0 Å². The first-order chi connectivity index (χ1) is 12.5. The average molecular weight is 378 g/mol. The van der Waals surface area contributed by atoms with Gasteiger partial charge in [0.05, 0.1) is 17.2 Å². The highest BCUT2D eigenvalue weighted by atomic mass is 32.1. The predicted molar refractivity (Wildman–Crippen MR) is 101 cm³/mol. The molecule has 2 atom stereocenters. The van der Waals surface area contributed by atoms with Gasteiger partial charge in [-0.15, -0.1) is 11.3 Å². The van der Waals surface area contributed by atoms with E-state index in [9.17, 15) is 4.79 Å². The molecule has 2 unspecified atom stereocenters. The molecule has 1 aliphatic heterocycles. The number of ether oxygens (including phenoxy) is 1. The number of pyridine rings is 1. The van der Waals surface area contributed by atoms with Crippen LogP contribution in [0.3, 0.4) is 0 Å². The van der Waals surface area contributed by atoms with Crippen LogP contribution in [0, 0.1) is 12.7 Å². The highest BCUT2D eigenvalue weighted by Gasteiger charge is 2.26. The van der Waals surface area contributed by atoms with Crippen molar-refractivity contribution in [2.75, 3.05) is 25.6 Å². The number of nitrogens with zero attached hydrogens (tertiary/aromatic N) is 1. The minimum absolute atomic E-state index is 0.129. The molecule has 6 nitrogen and oxygen atoms in total. The Morgan fingerprint density at radius 2 is 2.31 bits per heavy atom. The highest BCUT2D eigenvalue weighted by molar-refractivity contribution is 7.15. The van der Waals surface area contributed by atoms with Gasteiger partial charge in [-0.1, -0.05) is 0 Å². The lowest BCUT2D eigenvalue weighted by molar-refractivity contribution is 0.0751. The summed E-state index contributed by atoms with van der Waals surface area (Å²) in [5, 5.41) is 6.06. The maximum Gasteiger partial charge on any atom is 0.170 e. The van der Waals surface area contributed by atoms with Crippen molar-refractivity contribution >= 4 is 23.4 Å². The molecule has 3 rings (SSSR count). The lowest BCUT2D eigenvalue weighted by Crippen LogP contribution is -2.48. The number of aldehydes is 1. The van der Waals surface area contributed by atoms with Crippen LogP contribution in [0.25, 0.3) is 10.6 Å².